The van der Waals surface area contributed by atoms with E-state index in [2.05, 4.69) is 35.9 Å². The van der Waals surface area contributed by atoms with Crippen molar-refractivity contribution in [3.8, 4) is 0 Å². The summed E-state index contributed by atoms with van der Waals surface area (Å²) in [6, 6.07) is 1.76. The number of rotatable bonds is 4. The quantitative estimate of drug-likeness (QED) is 0.838. The third-order valence-corrected chi connectivity index (χ3v) is 5.36. The summed E-state index contributed by atoms with van der Waals surface area (Å²) in [5.74, 6) is 0.932. The van der Waals surface area contributed by atoms with Gasteiger partial charge < -0.3 is 5.32 Å². The summed E-state index contributed by atoms with van der Waals surface area (Å²) in [5, 5.41) is 3.72. The van der Waals surface area contributed by atoms with E-state index in [-0.39, 0.29) is 0 Å². The Morgan fingerprint density at radius 2 is 1.63 bits per heavy atom. The molecule has 1 heterocycles. The molecule has 3 nitrogen and oxygen atoms in total. The second-order valence-electron chi connectivity index (χ2n) is 7.78. The topological polar surface area (TPSA) is 18.5 Å². The Bertz CT molecular complexity index is 298. The molecule has 2 atom stereocenters. The molecule has 0 amide bonds. The summed E-state index contributed by atoms with van der Waals surface area (Å²) in [7, 11) is 0. The first-order valence-corrected chi connectivity index (χ1v) is 8.26. The van der Waals surface area contributed by atoms with E-state index >= 15 is 0 Å². The van der Waals surface area contributed by atoms with Gasteiger partial charge >= 0.3 is 0 Å². The normalized spacial score (nSPS) is 34.3. The maximum Gasteiger partial charge on any atom is 0.0137 e. The number of piperazine rings is 1. The van der Waals surface area contributed by atoms with Crippen molar-refractivity contribution in [2.45, 2.75) is 64.1 Å². The molecule has 0 bridgehead atoms. The molecule has 2 saturated carbocycles. The monoisotopic (exact) mass is 265 g/mol. The molecule has 2 aliphatic carbocycles. The highest BCUT2D eigenvalue weighted by molar-refractivity contribution is 4.94. The molecule has 0 radical (unpaired) electrons. The zero-order chi connectivity index (χ0) is 13.5. The summed E-state index contributed by atoms with van der Waals surface area (Å²) in [4.78, 5) is 5.41. The lowest BCUT2D eigenvalue weighted by atomic mass is 9.78. The molecule has 2 unspecified atom stereocenters. The van der Waals surface area contributed by atoms with E-state index in [1.54, 1.807) is 0 Å². The van der Waals surface area contributed by atoms with Crippen LogP contribution in [0.4, 0.5) is 0 Å². The van der Waals surface area contributed by atoms with E-state index in [1.807, 2.05) is 0 Å². The van der Waals surface area contributed by atoms with Gasteiger partial charge in [-0.05, 0) is 58.9 Å². The molecule has 19 heavy (non-hydrogen) atoms. The molecule has 3 heteroatoms. The molecule has 1 aliphatic heterocycles. The average Bonchev–Trinajstić information content (AvgIpc) is 3.11. The lowest BCUT2D eigenvalue weighted by Crippen LogP contribution is -2.59. The van der Waals surface area contributed by atoms with Crippen LogP contribution >= 0.6 is 0 Å². The lowest BCUT2D eigenvalue weighted by molar-refractivity contribution is -0.00408. The van der Waals surface area contributed by atoms with Gasteiger partial charge in [-0.15, -0.1) is 0 Å². The number of hydrogen-bond donors (Lipinski definition) is 1. The maximum atomic E-state index is 3.72. The predicted octanol–water partition coefficient (Wildman–Crippen LogP) is 1.93. The Labute approximate surface area is 118 Å². The van der Waals surface area contributed by atoms with E-state index in [0.29, 0.717) is 5.54 Å². The van der Waals surface area contributed by atoms with Gasteiger partial charge in [-0.1, -0.05) is 0 Å². The van der Waals surface area contributed by atoms with Gasteiger partial charge in [0, 0.05) is 43.8 Å². The summed E-state index contributed by atoms with van der Waals surface area (Å²) < 4.78 is 0. The average molecular weight is 265 g/mol. The van der Waals surface area contributed by atoms with Gasteiger partial charge in [-0.2, -0.15) is 0 Å². The Kier molecular flexibility index (Phi) is 3.89. The van der Waals surface area contributed by atoms with Crippen LogP contribution in [-0.2, 0) is 0 Å². The summed E-state index contributed by atoms with van der Waals surface area (Å²) >= 11 is 0. The third kappa shape index (κ3) is 3.32. The van der Waals surface area contributed by atoms with Gasteiger partial charge in [0.1, 0.15) is 0 Å². The SMILES string of the molecule is CC(C)(C)N1CCN(C2CCC2CNC2CC2)CC1. The minimum Gasteiger partial charge on any atom is -0.314 e. The fraction of sp³-hybridized carbons (Fsp3) is 1.00. The van der Waals surface area contributed by atoms with Crippen LogP contribution in [0.15, 0.2) is 0 Å². The van der Waals surface area contributed by atoms with Gasteiger partial charge in [-0.3, -0.25) is 9.80 Å². The Balaban J connectivity index is 1.43. The molecule has 0 aromatic rings. The molecule has 3 aliphatic rings. The smallest absolute Gasteiger partial charge is 0.0137 e. The van der Waals surface area contributed by atoms with Crippen molar-refractivity contribution >= 4 is 0 Å². The first-order valence-electron chi connectivity index (χ1n) is 8.26. The summed E-state index contributed by atoms with van der Waals surface area (Å²) in [6.45, 7) is 13.4. The largest absolute Gasteiger partial charge is 0.314 e. The van der Waals surface area contributed by atoms with E-state index < -0.39 is 0 Å². The number of nitrogens with zero attached hydrogens (tertiary/aromatic N) is 2. The van der Waals surface area contributed by atoms with Crippen molar-refractivity contribution in [1.82, 2.24) is 15.1 Å². The van der Waals surface area contributed by atoms with Crippen molar-refractivity contribution < 1.29 is 0 Å². The second kappa shape index (κ2) is 5.34. The molecular weight excluding hydrogens is 234 g/mol. The van der Waals surface area contributed by atoms with E-state index in [4.69, 9.17) is 0 Å². The van der Waals surface area contributed by atoms with Crippen LogP contribution in [-0.4, -0.2) is 60.1 Å². The van der Waals surface area contributed by atoms with Crippen molar-refractivity contribution in [1.29, 1.82) is 0 Å². The molecule has 0 aromatic heterocycles. The molecule has 3 rings (SSSR count). The van der Waals surface area contributed by atoms with Gasteiger partial charge in [-0.25, -0.2) is 0 Å². The Morgan fingerprint density at radius 1 is 0.947 bits per heavy atom. The minimum atomic E-state index is 0.346. The summed E-state index contributed by atoms with van der Waals surface area (Å²) in [5.41, 5.74) is 0.346. The standard InChI is InChI=1S/C16H31N3/c1-16(2,3)19-10-8-18(9-11-19)15-7-4-13(15)12-17-14-5-6-14/h13-15,17H,4-12H2,1-3H3. The highest BCUT2D eigenvalue weighted by Gasteiger charge is 2.38. The van der Waals surface area contributed by atoms with Gasteiger partial charge in [0.05, 0.1) is 0 Å². The first-order chi connectivity index (χ1) is 9.04. The minimum absolute atomic E-state index is 0.346. The lowest BCUT2D eigenvalue weighted by Gasteiger charge is -2.50. The molecule has 0 aromatic carbocycles. The van der Waals surface area contributed by atoms with Crippen LogP contribution in [0.2, 0.25) is 0 Å². The fourth-order valence-electron chi connectivity index (χ4n) is 3.60. The number of nitrogens with one attached hydrogen (secondary N) is 1. The molecule has 1 N–H and O–H groups in total. The molecule has 1 saturated heterocycles. The fourth-order valence-corrected chi connectivity index (χ4v) is 3.60. The van der Waals surface area contributed by atoms with E-state index in [1.165, 1.54) is 58.4 Å². The molecule has 110 valence electrons. The molecule has 3 fully saturated rings. The van der Waals surface area contributed by atoms with Crippen molar-refractivity contribution in [3.63, 3.8) is 0 Å². The Hall–Kier alpha value is -0.120. The summed E-state index contributed by atoms with van der Waals surface area (Å²) in [6.07, 6.45) is 5.72. The number of hydrogen-bond acceptors (Lipinski definition) is 3. The van der Waals surface area contributed by atoms with Crippen LogP contribution in [0, 0.1) is 5.92 Å². The zero-order valence-electron chi connectivity index (χ0n) is 13.0. The van der Waals surface area contributed by atoms with Gasteiger partial charge in [0.25, 0.3) is 0 Å². The Morgan fingerprint density at radius 3 is 2.11 bits per heavy atom. The molecular formula is C16H31N3. The van der Waals surface area contributed by atoms with Crippen LogP contribution in [0.1, 0.15) is 46.5 Å². The van der Waals surface area contributed by atoms with Crippen LogP contribution in [0.3, 0.4) is 0 Å². The third-order valence-electron chi connectivity index (χ3n) is 5.36. The van der Waals surface area contributed by atoms with Crippen molar-refractivity contribution in [2.24, 2.45) is 5.92 Å². The highest BCUT2D eigenvalue weighted by Crippen LogP contribution is 2.33. The van der Waals surface area contributed by atoms with Gasteiger partial charge in [0.15, 0.2) is 0 Å². The van der Waals surface area contributed by atoms with E-state index in [0.717, 1.165) is 18.0 Å². The zero-order valence-corrected chi connectivity index (χ0v) is 13.0. The van der Waals surface area contributed by atoms with Crippen LogP contribution < -0.4 is 5.32 Å². The van der Waals surface area contributed by atoms with Gasteiger partial charge in [0.2, 0.25) is 0 Å². The predicted molar refractivity (Wildman–Crippen MR) is 80.4 cm³/mol. The van der Waals surface area contributed by atoms with Crippen LogP contribution in [0.5, 0.6) is 0 Å². The van der Waals surface area contributed by atoms with Crippen molar-refractivity contribution in [3.05, 3.63) is 0 Å². The van der Waals surface area contributed by atoms with E-state index in [9.17, 15) is 0 Å². The highest BCUT2D eigenvalue weighted by atomic mass is 15.3. The first kappa shape index (κ1) is 13.8. The van der Waals surface area contributed by atoms with Crippen molar-refractivity contribution in [2.75, 3.05) is 32.7 Å². The van der Waals surface area contributed by atoms with Crippen LogP contribution in [0.25, 0.3) is 0 Å². The maximum absolute atomic E-state index is 3.72. The molecule has 0 spiro atoms. The second-order valence-corrected chi connectivity index (χ2v) is 7.78.